The van der Waals surface area contributed by atoms with E-state index in [1.807, 2.05) is 24.3 Å². The summed E-state index contributed by atoms with van der Waals surface area (Å²) in [4.78, 5) is 38.2. The Balaban J connectivity index is 1.35. The number of hydrogen-bond donors (Lipinski definition) is 2. The maximum Gasteiger partial charge on any atom is 0.234 e. The first kappa shape index (κ1) is 21.5. The molecule has 0 saturated carbocycles. The SMILES string of the molecule is O=C1CCC(c2cccc(NC(=O)CCCCCCN3CCCCC3)c2)C(=O)N1. The quantitative estimate of drug-likeness (QED) is 0.491. The fourth-order valence-corrected chi connectivity index (χ4v) is 4.23. The molecule has 0 aromatic heterocycles. The first-order valence-electron chi connectivity index (χ1n) is 11.1. The second kappa shape index (κ2) is 11.1. The Morgan fingerprint density at radius 2 is 1.86 bits per heavy atom. The van der Waals surface area contributed by atoms with Gasteiger partial charge in [-0.3, -0.25) is 19.7 Å². The average molecular weight is 400 g/mol. The number of hydrogen-bond acceptors (Lipinski definition) is 4. The molecule has 29 heavy (non-hydrogen) atoms. The van der Waals surface area contributed by atoms with Crippen molar-refractivity contribution in [1.29, 1.82) is 0 Å². The molecular weight excluding hydrogens is 366 g/mol. The number of likely N-dealkylation sites (tertiary alicyclic amines) is 1. The van der Waals surface area contributed by atoms with Crippen LogP contribution >= 0.6 is 0 Å². The lowest BCUT2D eigenvalue weighted by molar-refractivity contribution is -0.134. The van der Waals surface area contributed by atoms with Gasteiger partial charge >= 0.3 is 0 Å². The maximum atomic E-state index is 12.2. The van der Waals surface area contributed by atoms with Gasteiger partial charge in [-0.05, 0) is 69.4 Å². The summed E-state index contributed by atoms with van der Waals surface area (Å²) >= 11 is 0. The number of nitrogens with one attached hydrogen (secondary N) is 2. The van der Waals surface area contributed by atoms with E-state index in [0.29, 0.717) is 24.9 Å². The van der Waals surface area contributed by atoms with Gasteiger partial charge in [0.1, 0.15) is 0 Å². The van der Waals surface area contributed by atoms with Gasteiger partial charge in [0.2, 0.25) is 17.7 Å². The number of amides is 3. The summed E-state index contributed by atoms with van der Waals surface area (Å²) in [6.45, 7) is 3.69. The molecule has 2 aliphatic rings. The summed E-state index contributed by atoms with van der Waals surface area (Å²) in [6.07, 6.45) is 9.81. The number of carbonyl (C=O) groups excluding carboxylic acids is 3. The molecule has 158 valence electrons. The Labute approximate surface area is 173 Å². The van der Waals surface area contributed by atoms with Gasteiger partial charge < -0.3 is 10.2 Å². The van der Waals surface area contributed by atoms with Crippen molar-refractivity contribution in [3.8, 4) is 0 Å². The second-order valence-corrected chi connectivity index (χ2v) is 8.24. The lowest BCUT2D eigenvalue weighted by Crippen LogP contribution is -2.39. The van der Waals surface area contributed by atoms with Crippen LogP contribution < -0.4 is 10.6 Å². The van der Waals surface area contributed by atoms with E-state index in [0.717, 1.165) is 18.4 Å². The van der Waals surface area contributed by atoms with Crippen molar-refractivity contribution in [2.75, 3.05) is 25.0 Å². The van der Waals surface area contributed by atoms with E-state index >= 15 is 0 Å². The van der Waals surface area contributed by atoms with Gasteiger partial charge in [-0.15, -0.1) is 0 Å². The summed E-state index contributed by atoms with van der Waals surface area (Å²) in [5, 5.41) is 5.33. The van der Waals surface area contributed by atoms with E-state index in [1.165, 1.54) is 51.7 Å². The molecule has 2 fully saturated rings. The van der Waals surface area contributed by atoms with Crippen molar-refractivity contribution in [1.82, 2.24) is 10.2 Å². The van der Waals surface area contributed by atoms with E-state index in [1.54, 1.807) is 0 Å². The Morgan fingerprint density at radius 1 is 1.07 bits per heavy atom. The highest BCUT2D eigenvalue weighted by Crippen LogP contribution is 2.26. The predicted octanol–water partition coefficient (Wildman–Crippen LogP) is 3.58. The standard InChI is InChI=1S/C23H33N3O3/c27-21(11-4-1-2-5-14-26-15-6-3-7-16-26)24-19-10-8-9-18(17-19)20-12-13-22(28)25-23(20)29/h8-10,17,20H,1-7,11-16H2,(H,24,27)(H,25,28,29). The Hall–Kier alpha value is -2.21. The highest BCUT2D eigenvalue weighted by molar-refractivity contribution is 6.01. The van der Waals surface area contributed by atoms with Crippen LogP contribution in [0.15, 0.2) is 24.3 Å². The number of carbonyl (C=O) groups is 3. The fourth-order valence-electron chi connectivity index (χ4n) is 4.23. The molecule has 0 bridgehead atoms. The van der Waals surface area contributed by atoms with Gasteiger partial charge in [0.05, 0.1) is 5.92 Å². The van der Waals surface area contributed by atoms with Gasteiger partial charge in [0.15, 0.2) is 0 Å². The van der Waals surface area contributed by atoms with Crippen LogP contribution in [-0.4, -0.2) is 42.3 Å². The zero-order valence-electron chi connectivity index (χ0n) is 17.3. The number of benzene rings is 1. The lowest BCUT2D eigenvalue weighted by atomic mass is 9.90. The number of imide groups is 1. The monoisotopic (exact) mass is 399 g/mol. The van der Waals surface area contributed by atoms with Gasteiger partial charge in [-0.2, -0.15) is 0 Å². The largest absolute Gasteiger partial charge is 0.326 e. The molecule has 1 atom stereocenters. The first-order valence-corrected chi connectivity index (χ1v) is 11.1. The van der Waals surface area contributed by atoms with E-state index < -0.39 is 0 Å². The third-order valence-corrected chi connectivity index (χ3v) is 5.89. The van der Waals surface area contributed by atoms with Crippen molar-refractivity contribution < 1.29 is 14.4 Å². The number of nitrogens with zero attached hydrogens (tertiary/aromatic N) is 1. The molecular formula is C23H33N3O3. The minimum absolute atomic E-state index is 0.0152. The molecule has 6 heteroatoms. The van der Waals surface area contributed by atoms with Gasteiger partial charge in [0, 0.05) is 18.5 Å². The number of unbranched alkanes of at least 4 members (excludes halogenated alkanes) is 3. The lowest BCUT2D eigenvalue weighted by Gasteiger charge is -2.26. The van der Waals surface area contributed by atoms with E-state index in [9.17, 15) is 14.4 Å². The molecule has 6 nitrogen and oxygen atoms in total. The number of piperidine rings is 2. The molecule has 2 saturated heterocycles. The number of rotatable bonds is 9. The van der Waals surface area contributed by atoms with E-state index in [-0.39, 0.29) is 23.6 Å². The summed E-state index contributed by atoms with van der Waals surface area (Å²) in [5.41, 5.74) is 1.55. The first-order chi connectivity index (χ1) is 14.1. The van der Waals surface area contributed by atoms with Crippen LogP contribution in [0.2, 0.25) is 0 Å². The molecule has 0 radical (unpaired) electrons. The van der Waals surface area contributed by atoms with Crippen LogP contribution in [0.4, 0.5) is 5.69 Å². The van der Waals surface area contributed by atoms with Crippen molar-refractivity contribution in [3.05, 3.63) is 29.8 Å². The van der Waals surface area contributed by atoms with Crippen molar-refractivity contribution in [2.24, 2.45) is 0 Å². The smallest absolute Gasteiger partial charge is 0.234 e. The minimum atomic E-state index is -0.329. The molecule has 2 aliphatic heterocycles. The predicted molar refractivity (Wildman–Crippen MR) is 114 cm³/mol. The second-order valence-electron chi connectivity index (χ2n) is 8.24. The van der Waals surface area contributed by atoms with Crippen molar-refractivity contribution in [3.63, 3.8) is 0 Å². The van der Waals surface area contributed by atoms with E-state index in [2.05, 4.69) is 15.5 Å². The Bertz CT molecular complexity index is 713. The van der Waals surface area contributed by atoms with Gasteiger partial charge in [-0.25, -0.2) is 0 Å². The van der Waals surface area contributed by atoms with E-state index in [4.69, 9.17) is 0 Å². The fraction of sp³-hybridized carbons (Fsp3) is 0.609. The normalized spacial score (nSPS) is 20.3. The summed E-state index contributed by atoms with van der Waals surface area (Å²) in [6, 6.07) is 7.40. The highest BCUT2D eigenvalue weighted by Gasteiger charge is 2.28. The average Bonchev–Trinajstić information content (AvgIpc) is 2.71. The maximum absolute atomic E-state index is 12.2. The highest BCUT2D eigenvalue weighted by atomic mass is 16.2. The zero-order chi connectivity index (χ0) is 20.5. The molecule has 0 aliphatic carbocycles. The Morgan fingerprint density at radius 3 is 2.66 bits per heavy atom. The molecule has 3 rings (SSSR count). The summed E-state index contributed by atoms with van der Waals surface area (Å²) < 4.78 is 0. The molecule has 1 unspecified atom stereocenters. The Kier molecular flexibility index (Phi) is 8.23. The topological polar surface area (TPSA) is 78.5 Å². The molecule has 0 spiro atoms. The summed E-state index contributed by atoms with van der Waals surface area (Å²) in [5.74, 6) is -0.785. The van der Waals surface area contributed by atoms with Gasteiger partial charge in [0.25, 0.3) is 0 Å². The van der Waals surface area contributed by atoms with Crippen molar-refractivity contribution >= 4 is 23.4 Å². The molecule has 2 heterocycles. The van der Waals surface area contributed by atoms with Crippen LogP contribution in [0.1, 0.15) is 75.7 Å². The summed E-state index contributed by atoms with van der Waals surface area (Å²) in [7, 11) is 0. The molecule has 1 aromatic rings. The van der Waals surface area contributed by atoms with Crippen LogP contribution in [0.25, 0.3) is 0 Å². The third-order valence-electron chi connectivity index (χ3n) is 5.89. The third kappa shape index (κ3) is 6.96. The zero-order valence-corrected chi connectivity index (χ0v) is 17.3. The van der Waals surface area contributed by atoms with Crippen molar-refractivity contribution in [2.45, 2.75) is 70.1 Å². The van der Waals surface area contributed by atoms with Crippen LogP contribution in [-0.2, 0) is 14.4 Å². The number of anilines is 1. The minimum Gasteiger partial charge on any atom is -0.326 e. The molecule has 1 aromatic carbocycles. The van der Waals surface area contributed by atoms with Crippen LogP contribution in [0.3, 0.4) is 0 Å². The molecule has 2 N–H and O–H groups in total. The molecule has 3 amide bonds. The van der Waals surface area contributed by atoms with Crippen LogP contribution in [0, 0.1) is 0 Å². The van der Waals surface area contributed by atoms with Gasteiger partial charge in [-0.1, -0.05) is 31.4 Å². The van der Waals surface area contributed by atoms with Crippen LogP contribution in [0.5, 0.6) is 0 Å².